The second-order valence-corrected chi connectivity index (χ2v) is 19.1. The van der Waals surface area contributed by atoms with E-state index >= 15 is 4.57 Å². The lowest BCUT2D eigenvalue weighted by molar-refractivity contribution is 0.592. The molecule has 66 heavy (non-hydrogen) atoms. The van der Waals surface area contributed by atoms with Crippen LogP contribution in [0.2, 0.25) is 0 Å². The molecule has 5 heteroatoms. The first-order valence-corrected chi connectivity index (χ1v) is 23.8. The molecular weight excluding hydrogens is 822 g/mol. The van der Waals surface area contributed by atoms with E-state index in [2.05, 4.69) is 170 Å². The molecule has 1 aromatic heterocycles. The van der Waals surface area contributed by atoms with Crippen molar-refractivity contribution in [1.82, 2.24) is 15.0 Å². The van der Waals surface area contributed by atoms with Crippen molar-refractivity contribution in [2.24, 2.45) is 0 Å². The number of hydrogen-bond acceptors (Lipinski definition) is 4. The van der Waals surface area contributed by atoms with Crippen LogP contribution in [0, 0.1) is 0 Å². The molecule has 0 radical (unpaired) electrons. The van der Waals surface area contributed by atoms with Crippen LogP contribution in [0.15, 0.2) is 255 Å². The van der Waals surface area contributed by atoms with Gasteiger partial charge in [0, 0.05) is 32.6 Å². The first-order valence-electron chi connectivity index (χ1n) is 22.1. The third kappa shape index (κ3) is 7.85. The monoisotopic (exact) mass is 863 g/mol. The van der Waals surface area contributed by atoms with E-state index in [0.717, 1.165) is 87.9 Å². The van der Waals surface area contributed by atoms with E-state index in [9.17, 15) is 0 Å². The molecule has 0 amide bonds. The Kier molecular flexibility index (Phi) is 10.9. The van der Waals surface area contributed by atoms with Crippen molar-refractivity contribution in [2.75, 3.05) is 0 Å². The molecule has 0 aliphatic heterocycles. The van der Waals surface area contributed by atoms with Crippen LogP contribution in [-0.4, -0.2) is 15.0 Å². The normalized spacial score (nSPS) is 11.4. The number of fused-ring (bicyclic) bond motifs is 1. The Morgan fingerprint density at radius 2 is 0.485 bits per heavy atom. The summed E-state index contributed by atoms with van der Waals surface area (Å²) in [6, 6.07) is 87.0. The Balaban J connectivity index is 0.933. The average molecular weight is 864 g/mol. The zero-order valence-corrected chi connectivity index (χ0v) is 36.8. The van der Waals surface area contributed by atoms with Crippen LogP contribution in [0.25, 0.3) is 89.4 Å². The van der Waals surface area contributed by atoms with Crippen LogP contribution in [0.4, 0.5) is 0 Å². The van der Waals surface area contributed by atoms with Crippen molar-refractivity contribution in [3.63, 3.8) is 0 Å². The van der Waals surface area contributed by atoms with Gasteiger partial charge in [-0.2, -0.15) is 0 Å². The molecule has 0 aliphatic rings. The molecule has 312 valence electrons. The molecule has 0 saturated carbocycles. The molecule has 0 unspecified atom stereocenters. The van der Waals surface area contributed by atoms with Gasteiger partial charge in [-0.1, -0.05) is 255 Å². The summed E-state index contributed by atoms with van der Waals surface area (Å²) in [5.41, 5.74) is 11.7. The van der Waals surface area contributed by atoms with E-state index in [4.69, 9.17) is 15.0 Å². The highest BCUT2D eigenvalue weighted by Crippen LogP contribution is 2.43. The first-order chi connectivity index (χ1) is 32.6. The third-order valence-corrected chi connectivity index (χ3v) is 15.4. The molecule has 0 fully saturated rings. The van der Waals surface area contributed by atoms with Crippen LogP contribution in [-0.2, 0) is 4.57 Å². The zero-order chi connectivity index (χ0) is 44.3. The van der Waals surface area contributed by atoms with E-state index < -0.39 is 7.14 Å². The van der Waals surface area contributed by atoms with E-state index in [1.54, 1.807) is 0 Å². The summed E-state index contributed by atoms with van der Waals surface area (Å²) in [6.07, 6.45) is 0. The van der Waals surface area contributed by atoms with Crippen molar-refractivity contribution in [3.05, 3.63) is 255 Å². The quantitative estimate of drug-likeness (QED) is 0.129. The van der Waals surface area contributed by atoms with E-state index in [-0.39, 0.29) is 0 Å². The number of rotatable bonds is 10. The molecular formula is C61H42N3OP. The van der Waals surface area contributed by atoms with E-state index in [0.29, 0.717) is 17.5 Å². The Bertz CT molecular complexity index is 3350. The summed E-state index contributed by atoms with van der Waals surface area (Å²) >= 11 is 0. The van der Waals surface area contributed by atoms with Gasteiger partial charge in [0.15, 0.2) is 24.6 Å². The maximum Gasteiger partial charge on any atom is 0.171 e. The van der Waals surface area contributed by atoms with Gasteiger partial charge < -0.3 is 4.57 Å². The Hall–Kier alpha value is -8.30. The second-order valence-electron chi connectivity index (χ2n) is 16.3. The molecule has 0 bridgehead atoms. The highest BCUT2D eigenvalue weighted by atomic mass is 31.2. The summed E-state index contributed by atoms with van der Waals surface area (Å²) in [4.78, 5) is 15.2. The van der Waals surface area contributed by atoms with Gasteiger partial charge in [0.1, 0.15) is 0 Å². The van der Waals surface area contributed by atoms with E-state index in [1.807, 2.05) is 84.9 Å². The van der Waals surface area contributed by atoms with Gasteiger partial charge in [0.2, 0.25) is 0 Å². The van der Waals surface area contributed by atoms with Crippen molar-refractivity contribution in [2.45, 2.75) is 0 Å². The predicted octanol–water partition coefficient (Wildman–Crippen LogP) is 14.3. The van der Waals surface area contributed by atoms with Crippen LogP contribution in [0.1, 0.15) is 0 Å². The molecule has 0 atom stereocenters. The topological polar surface area (TPSA) is 55.7 Å². The van der Waals surface area contributed by atoms with Gasteiger partial charge in [0.05, 0.1) is 0 Å². The lowest BCUT2D eigenvalue weighted by Gasteiger charge is -2.20. The van der Waals surface area contributed by atoms with Gasteiger partial charge in [-0.05, 0) is 55.3 Å². The Morgan fingerprint density at radius 3 is 0.848 bits per heavy atom. The summed E-state index contributed by atoms with van der Waals surface area (Å²) in [7, 11) is -3.09. The van der Waals surface area contributed by atoms with Crippen LogP contribution in [0.5, 0.6) is 0 Å². The van der Waals surface area contributed by atoms with Gasteiger partial charge in [-0.15, -0.1) is 0 Å². The lowest BCUT2D eigenvalue weighted by Crippen LogP contribution is -2.24. The fourth-order valence-corrected chi connectivity index (χ4v) is 11.5. The lowest BCUT2D eigenvalue weighted by atomic mass is 9.92. The molecule has 0 aliphatic carbocycles. The fourth-order valence-electron chi connectivity index (χ4n) is 8.82. The Morgan fingerprint density at radius 1 is 0.227 bits per heavy atom. The van der Waals surface area contributed by atoms with Gasteiger partial charge in [-0.3, -0.25) is 0 Å². The van der Waals surface area contributed by atoms with Gasteiger partial charge >= 0.3 is 0 Å². The molecule has 10 aromatic carbocycles. The molecule has 0 N–H and O–H groups in total. The largest absolute Gasteiger partial charge is 0.309 e. The van der Waals surface area contributed by atoms with E-state index in [1.165, 1.54) is 0 Å². The van der Waals surface area contributed by atoms with Crippen molar-refractivity contribution in [1.29, 1.82) is 0 Å². The molecule has 0 spiro atoms. The summed E-state index contributed by atoms with van der Waals surface area (Å²) < 4.78 is 15.1. The Labute approximate surface area is 385 Å². The number of aromatic nitrogens is 3. The maximum atomic E-state index is 15.1. The van der Waals surface area contributed by atoms with Crippen molar-refractivity contribution < 1.29 is 4.57 Å². The molecule has 4 nitrogen and oxygen atoms in total. The van der Waals surface area contributed by atoms with Crippen LogP contribution < -0.4 is 15.9 Å². The fraction of sp³-hybridized carbons (Fsp3) is 0. The smallest absolute Gasteiger partial charge is 0.171 e. The zero-order valence-electron chi connectivity index (χ0n) is 35.9. The predicted molar refractivity (Wildman–Crippen MR) is 275 cm³/mol. The summed E-state index contributed by atoms with van der Waals surface area (Å²) in [5.74, 6) is 1.83. The third-order valence-electron chi connectivity index (χ3n) is 12.3. The number of hydrogen-bond donors (Lipinski definition) is 0. The molecule has 0 saturated heterocycles. The maximum absolute atomic E-state index is 15.1. The van der Waals surface area contributed by atoms with Crippen molar-refractivity contribution >= 4 is 33.8 Å². The molecule has 1 heterocycles. The minimum absolute atomic E-state index is 0.605. The SMILES string of the molecule is O=P(c1ccccc1)(c1ccccc1)c1ccc(-c2ccc(-c3ccc(-c4nc(-c5ccc(-c6ccccc6)cc5)nc(-c5ccc(-c6ccccc6)cc5)n4)cc3)c3ccccc23)cc1. The van der Waals surface area contributed by atoms with Crippen LogP contribution in [0.3, 0.4) is 0 Å². The summed E-state index contributed by atoms with van der Waals surface area (Å²) in [6.45, 7) is 0. The molecule has 11 aromatic rings. The standard InChI is InChI=1S/C61H42N3OP/c65-66(52-19-9-3-10-20-52,53-21-11-4-12-22-53)54-39-37-48(38-40-54)56-42-41-55(57-23-13-14-24-58(56)57)47-29-35-51(36-30-47)61-63-59(49-31-25-45(26-32-49)43-15-5-1-6-16-43)62-60(64-61)50-33-27-46(28-34-50)44-17-7-2-8-18-44/h1-42H. The van der Waals surface area contributed by atoms with Gasteiger partial charge in [-0.25, -0.2) is 15.0 Å². The number of benzene rings is 10. The summed E-state index contributed by atoms with van der Waals surface area (Å²) in [5, 5.41) is 4.75. The molecule has 11 rings (SSSR count). The van der Waals surface area contributed by atoms with Gasteiger partial charge in [0.25, 0.3) is 0 Å². The minimum Gasteiger partial charge on any atom is -0.309 e. The first kappa shape index (κ1) is 40.5. The average Bonchev–Trinajstić information content (AvgIpc) is 3.41. The second kappa shape index (κ2) is 17.7. The van der Waals surface area contributed by atoms with Crippen molar-refractivity contribution in [3.8, 4) is 78.7 Å². The highest BCUT2D eigenvalue weighted by Gasteiger charge is 2.29. The van der Waals surface area contributed by atoms with Crippen LogP contribution >= 0.6 is 7.14 Å². The highest BCUT2D eigenvalue weighted by molar-refractivity contribution is 7.85. The number of nitrogens with zero attached hydrogens (tertiary/aromatic N) is 3. The minimum atomic E-state index is -3.09.